The van der Waals surface area contributed by atoms with Crippen LogP contribution < -0.4 is 0 Å². The van der Waals surface area contributed by atoms with E-state index in [-0.39, 0.29) is 11.7 Å². The summed E-state index contributed by atoms with van der Waals surface area (Å²) in [6.45, 7) is 2.09. The molecule has 14 heavy (non-hydrogen) atoms. The van der Waals surface area contributed by atoms with Crippen molar-refractivity contribution in [3.8, 4) is 0 Å². The fourth-order valence-corrected chi connectivity index (χ4v) is 3.52. The molecule has 0 spiro atoms. The van der Waals surface area contributed by atoms with Gasteiger partial charge in [-0.2, -0.15) is 0 Å². The monoisotopic (exact) mass is 230 g/mol. The third-order valence-corrected chi connectivity index (χ3v) is 4.13. The van der Waals surface area contributed by atoms with Crippen molar-refractivity contribution in [1.82, 2.24) is 0 Å². The summed E-state index contributed by atoms with van der Waals surface area (Å²) >= 11 is 3.36. The summed E-state index contributed by atoms with van der Waals surface area (Å²) in [7, 11) is 0. The van der Waals surface area contributed by atoms with Crippen molar-refractivity contribution in [2.24, 2.45) is 0 Å². The Balaban J connectivity index is 2.46. The standard InChI is InChI=1S/C10H14O2S2/c1-2-4-8(7-9(11)12)14-10-5-3-6-13-10/h3,5-6,8H,2,4,7H2,1H3,(H,11,12). The van der Waals surface area contributed by atoms with Gasteiger partial charge in [0.25, 0.3) is 0 Å². The van der Waals surface area contributed by atoms with E-state index < -0.39 is 5.97 Å². The van der Waals surface area contributed by atoms with Crippen LogP contribution in [0.3, 0.4) is 0 Å². The van der Waals surface area contributed by atoms with Crippen LogP contribution in [0.1, 0.15) is 26.2 Å². The van der Waals surface area contributed by atoms with Gasteiger partial charge in [0.05, 0.1) is 10.6 Å². The Labute approximate surface area is 92.3 Å². The molecule has 0 aromatic carbocycles. The molecule has 0 saturated heterocycles. The van der Waals surface area contributed by atoms with E-state index in [1.807, 2.05) is 17.5 Å². The van der Waals surface area contributed by atoms with Crippen molar-refractivity contribution in [3.05, 3.63) is 17.5 Å². The molecule has 0 aliphatic rings. The number of hydrogen-bond donors (Lipinski definition) is 1. The molecule has 0 bridgehead atoms. The zero-order valence-electron chi connectivity index (χ0n) is 8.10. The number of rotatable bonds is 6. The van der Waals surface area contributed by atoms with E-state index >= 15 is 0 Å². The molecule has 0 radical (unpaired) electrons. The van der Waals surface area contributed by atoms with Crippen molar-refractivity contribution in [2.45, 2.75) is 35.6 Å². The summed E-state index contributed by atoms with van der Waals surface area (Å²) in [6.07, 6.45) is 2.27. The van der Waals surface area contributed by atoms with Crippen LogP contribution in [0.25, 0.3) is 0 Å². The molecule has 0 fully saturated rings. The van der Waals surface area contributed by atoms with Crippen LogP contribution >= 0.6 is 23.1 Å². The first-order chi connectivity index (χ1) is 6.72. The first-order valence-electron chi connectivity index (χ1n) is 4.64. The van der Waals surface area contributed by atoms with Gasteiger partial charge in [-0.05, 0) is 17.9 Å². The Hall–Kier alpha value is -0.480. The second kappa shape index (κ2) is 6.09. The molecule has 1 heterocycles. The molecule has 0 saturated carbocycles. The minimum absolute atomic E-state index is 0.219. The number of thiophene rings is 1. The summed E-state index contributed by atoms with van der Waals surface area (Å²) in [5.74, 6) is -0.701. The second-order valence-electron chi connectivity index (χ2n) is 3.06. The molecule has 1 aromatic heterocycles. The maximum atomic E-state index is 10.6. The molecule has 4 heteroatoms. The van der Waals surface area contributed by atoms with Gasteiger partial charge in [-0.3, -0.25) is 4.79 Å². The van der Waals surface area contributed by atoms with Gasteiger partial charge >= 0.3 is 5.97 Å². The van der Waals surface area contributed by atoms with Crippen LogP contribution in [0.2, 0.25) is 0 Å². The average Bonchev–Trinajstić information content (AvgIpc) is 2.56. The highest BCUT2D eigenvalue weighted by atomic mass is 32.2. The molecular weight excluding hydrogens is 216 g/mol. The van der Waals surface area contributed by atoms with Gasteiger partial charge < -0.3 is 5.11 Å². The topological polar surface area (TPSA) is 37.3 Å². The minimum Gasteiger partial charge on any atom is -0.481 e. The smallest absolute Gasteiger partial charge is 0.304 e. The molecule has 0 aliphatic heterocycles. The maximum absolute atomic E-state index is 10.6. The minimum atomic E-state index is -0.701. The predicted molar refractivity (Wildman–Crippen MR) is 61.1 cm³/mol. The highest BCUT2D eigenvalue weighted by Crippen LogP contribution is 2.31. The van der Waals surface area contributed by atoms with Crippen molar-refractivity contribution in [3.63, 3.8) is 0 Å². The highest BCUT2D eigenvalue weighted by Gasteiger charge is 2.13. The molecule has 1 rings (SSSR count). The Morgan fingerprint density at radius 2 is 2.50 bits per heavy atom. The molecule has 0 aliphatic carbocycles. The Morgan fingerprint density at radius 3 is 3.00 bits per heavy atom. The largest absolute Gasteiger partial charge is 0.481 e. The van der Waals surface area contributed by atoms with Crippen LogP contribution in [0.5, 0.6) is 0 Å². The molecule has 1 aromatic rings. The van der Waals surface area contributed by atoms with Crippen LogP contribution in [-0.4, -0.2) is 16.3 Å². The molecule has 1 unspecified atom stereocenters. The number of hydrogen-bond acceptors (Lipinski definition) is 3. The van der Waals surface area contributed by atoms with Crippen molar-refractivity contribution < 1.29 is 9.90 Å². The van der Waals surface area contributed by atoms with E-state index in [2.05, 4.69) is 6.92 Å². The maximum Gasteiger partial charge on any atom is 0.304 e. The van der Waals surface area contributed by atoms with Crippen LogP contribution in [0.15, 0.2) is 21.7 Å². The van der Waals surface area contributed by atoms with Crippen LogP contribution in [-0.2, 0) is 4.79 Å². The predicted octanol–water partition coefficient (Wildman–Crippen LogP) is 3.48. The lowest BCUT2D eigenvalue weighted by Gasteiger charge is -2.11. The lowest BCUT2D eigenvalue weighted by molar-refractivity contribution is -0.137. The number of carboxylic acids is 1. The number of carbonyl (C=O) groups is 1. The van der Waals surface area contributed by atoms with Gasteiger partial charge in [-0.1, -0.05) is 19.4 Å². The average molecular weight is 230 g/mol. The summed E-state index contributed by atoms with van der Waals surface area (Å²) in [5, 5.41) is 11.0. The summed E-state index contributed by atoms with van der Waals surface area (Å²) in [6, 6.07) is 4.04. The van der Waals surface area contributed by atoms with Crippen LogP contribution in [0.4, 0.5) is 0 Å². The number of thioether (sulfide) groups is 1. The third-order valence-electron chi connectivity index (χ3n) is 1.79. The zero-order chi connectivity index (χ0) is 10.4. The van der Waals surface area contributed by atoms with Gasteiger partial charge in [-0.15, -0.1) is 23.1 Å². The molecule has 78 valence electrons. The van der Waals surface area contributed by atoms with Crippen molar-refractivity contribution in [2.75, 3.05) is 0 Å². The Kier molecular flexibility index (Phi) is 5.04. The van der Waals surface area contributed by atoms with Gasteiger partial charge in [0.2, 0.25) is 0 Å². The lowest BCUT2D eigenvalue weighted by atomic mass is 10.2. The first kappa shape index (κ1) is 11.6. The molecule has 1 N–H and O–H groups in total. The van der Waals surface area contributed by atoms with Crippen molar-refractivity contribution in [1.29, 1.82) is 0 Å². The number of aliphatic carboxylic acids is 1. The molecule has 0 amide bonds. The quantitative estimate of drug-likeness (QED) is 0.760. The molecule has 1 atom stereocenters. The highest BCUT2D eigenvalue weighted by molar-refractivity contribution is 8.01. The van der Waals surface area contributed by atoms with E-state index in [1.54, 1.807) is 23.1 Å². The van der Waals surface area contributed by atoms with E-state index in [4.69, 9.17) is 5.11 Å². The Bertz CT molecular complexity index is 270. The molecular formula is C10H14O2S2. The zero-order valence-corrected chi connectivity index (χ0v) is 9.74. The van der Waals surface area contributed by atoms with Gasteiger partial charge in [-0.25, -0.2) is 0 Å². The SMILES string of the molecule is CCCC(CC(=O)O)Sc1cccs1. The van der Waals surface area contributed by atoms with Gasteiger partial charge in [0.1, 0.15) is 0 Å². The van der Waals surface area contributed by atoms with Gasteiger partial charge in [0.15, 0.2) is 0 Å². The first-order valence-corrected chi connectivity index (χ1v) is 6.40. The Morgan fingerprint density at radius 1 is 1.71 bits per heavy atom. The fraction of sp³-hybridized carbons (Fsp3) is 0.500. The van der Waals surface area contributed by atoms with Crippen LogP contribution in [0, 0.1) is 0 Å². The summed E-state index contributed by atoms with van der Waals surface area (Å²) in [4.78, 5) is 10.6. The summed E-state index contributed by atoms with van der Waals surface area (Å²) < 4.78 is 1.21. The lowest BCUT2D eigenvalue weighted by Crippen LogP contribution is -2.09. The van der Waals surface area contributed by atoms with E-state index in [9.17, 15) is 4.79 Å². The number of carboxylic acid groups (broad SMARTS) is 1. The third kappa shape index (κ3) is 4.15. The van der Waals surface area contributed by atoms with E-state index in [0.29, 0.717) is 0 Å². The normalized spacial score (nSPS) is 12.6. The van der Waals surface area contributed by atoms with E-state index in [1.165, 1.54) is 4.21 Å². The molecule has 2 nitrogen and oxygen atoms in total. The fourth-order valence-electron chi connectivity index (χ4n) is 1.21. The van der Waals surface area contributed by atoms with Gasteiger partial charge in [0, 0.05) is 5.25 Å². The second-order valence-corrected chi connectivity index (χ2v) is 5.61. The summed E-state index contributed by atoms with van der Waals surface area (Å²) in [5.41, 5.74) is 0. The van der Waals surface area contributed by atoms with Crippen molar-refractivity contribution >= 4 is 29.1 Å². The van der Waals surface area contributed by atoms with E-state index in [0.717, 1.165) is 12.8 Å².